The quantitative estimate of drug-likeness (QED) is 0.493. The van der Waals surface area contributed by atoms with E-state index in [-0.39, 0.29) is 23.6 Å². The highest BCUT2D eigenvalue weighted by Crippen LogP contribution is 2.22. The van der Waals surface area contributed by atoms with Gasteiger partial charge in [0.25, 0.3) is 0 Å². The van der Waals surface area contributed by atoms with Crippen molar-refractivity contribution in [2.24, 2.45) is 5.92 Å². The molecule has 4 N–H and O–H groups in total. The standard InChI is InChI=1S/C19H24ClN5O2/c1-4-13(11-26)9-10-22-18-15(17(20)24-19(21)25-18)7-5-14-6-8-16(27-3)23-12(14)2/h6,8,13,26H,4,9-11H2,1-3H3,(H3,21,22,24,25). The summed E-state index contributed by atoms with van der Waals surface area (Å²) in [7, 11) is 1.57. The van der Waals surface area contributed by atoms with E-state index < -0.39 is 0 Å². The van der Waals surface area contributed by atoms with Crippen LogP contribution in [0.2, 0.25) is 5.15 Å². The summed E-state index contributed by atoms with van der Waals surface area (Å²) in [5.74, 6) is 7.38. The SMILES string of the molecule is CCC(CO)CCNc1nc(N)nc(Cl)c1C#Cc1ccc(OC)nc1C. The lowest BCUT2D eigenvalue weighted by molar-refractivity contribution is 0.217. The Kier molecular flexibility index (Phi) is 7.65. The number of aryl methyl sites for hydroxylation is 1. The number of ether oxygens (including phenoxy) is 1. The molecule has 2 aromatic heterocycles. The molecule has 7 nitrogen and oxygen atoms in total. The van der Waals surface area contributed by atoms with E-state index in [9.17, 15) is 5.11 Å². The summed E-state index contributed by atoms with van der Waals surface area (Å²) in [6.07, 6.45) is 1.70. The molecule has 1 unspecified atom stereocenters. The van der Waals surface area contributed by atoms with Gasteiger partial charge in [-0.3, -0.25) is 0 Å². The number of anilines is 2. The third-order valence-electron chi connectivity index (χ3n) is 4.15. The van der Waals surface area contributed by atoms with Crippen molar-refractivity contribution in [3.63, 3.8) is 0 Å². The van der Waals surface area contributed by atoms with E-state index in [0.717, 1.165) is 24.1 Å². The fourth-order valence-corrected chi connectivity index (χ4v) is 2.64. The van der Waals surface area contributed by atoms with Crippen LogP contribution in [0.3, 0.4) is 0 Å². The lowest BCUT2D eigenvalue weighted by Gasteiger charge is -2.13. The first-order valence-electron chi connectivity index (χ1n) is 8.69. The number of hydrogen-bond acceptors (Lipinski definition) is 7. The minimum atomic E-state index is 0.0737. The molecule has 144 valence electrons. The van der Waals surface area contributed by atoms with Crippen LogP contribution < -0.4 is 15.8 Å². The molecule has 0 saturated carbocycles. The van der Waals surface area contributed by atoms with Gasteiger partial charge in [-0.05, 0) is 25.3 Å². The van der Waals surface area contributed by atoms with Crippen molar-refractivity contribution in [2.75, 3.05) is 31.3 Å². The maximum absolute atomic E-state index is 9.31. The second kappa shape index (κ2) is 9.95. The molecule has 0 aliphatic heterocycles. The Hall–Kier alpha value is -2.56. The number of methoxy groups -OCH3 is 1. The van der Waals surface area contributed by atoms with E-state index >= 15 is 0 Å². The van der Waals surface area contributed by atoms with Gasteiger partial charge >= 0.3 is 0 Å². The summed E-state index contributed by atoms with van der Waals surface area (Å²) in [5.41, 5.74) is 7.69. The first-order chi connectivity index (χ1) is 13.0. The fourth-order valence-electron chi connectivity index (χ4n) is 2.42. The number of aromatic nitrogens is 3. The molecule has 1 atom stereocenters. The lowest BCUT2D eigenvalue weighted by Crippen LogP contribution is -2.14. The van der Waals surface area contributed by atoms with Crippen LogP contribution in [-0.4, -0.2) is 40.3 Å². The van der Waals surface area contributed by atoms with Crippen LogP contribution in [0.1, 0.15) is 36.6 Å². The topological polar surface area (TPSA) is 106 Å². The van der Waals surface area contributed by atoms with Crippen molar-refractivity contribution < 1.29 is 9.84 Å². The number of pyridine rings is 1. The second-order valence-corrected chi connectivity index (χ2v) is 6.36. The van der Waals surface area contributed by atoms with Gasteiger partial charge in [0.2, 0.25) is 11.8 Å². The monoisotopic (exact) mass is 389 g/mol. The Labute approximate surface area is 164 Å². The van der Waals surface area contributed by atoms with Crippen LogP contribution in [-0.2, 0) is 0 Å². The molecule has 0 aromatic carbocycles. The van der Waals surface area contributed by atoms with E-state index in [1.54, 1.807) is 13.2 Å². The van der Waals surface area contributed by atoms with Gasteiger partial charge in [-0.15, -0.1) is 0 Å². The average Bonchev–Trinajstić information content (AvgIpc) is 2.65. The Morgan fingerprint density at radius 2 is 2.07 bits per heavy atom. The third kappa shape index (κ3) is 5.71. The van der Waals surface area contributed by atoms with Crippen LogP contribution >= 0.6 is 11.6 Å². The number of nitrogens with zero attached hydrogens (tertiary/aromatic N) is 3. The summed E-state index contributed by atoms with van der Waals surface area (Å²) in [5, 5.41) is 12.7. The summed E-state index contributed by atoms with van der Waals surface area (Å²) in [4.78, 5) is 12.5. The van der Waals surface area contributed by atoms with Crippen molar-refractivity contribution in [3.8, 4) is 17.7 Å². The van der Waals surface area contributed by atoms with Crippen LogP contribution in [0.25, 0.3) is 0 Å². The molecule has 0 aliphatic rings. The molecule has 0 fully saturated rings. The van der Waals surface area contributed by atoms with Gasteiger partial charge in [-0.2, -0.15) is 9.97 Å². The first-order valence-corrected chi connectivity index (χ1v) is 9.07. The van der Waals surface area contributed by atoms with E-state index in [0.29, 0.717) is 23.8 Å². The molecule has 2 rings (SSSR count). The summed E-state index contributed by atoms with van der Waals surface area (Å²) < 4.78 is 5.10. The molecule has 0 bridgehead atoms. The van der Waals surface area contributed by atoms with Gasteiger partial charge in [0.15, 0.2) is 5.15 Å². The number of rotatable bonds is 7. The average molecular weight is 390 g/mol. The zero-order chi connectivity index (χ0) is 19.8. The van der Waals surface area contributed by atoms with Crippen molar-refractivity contribution in [2.45, 2.75) is 26.7 Å². The zero-order valence-corrected chi connectivity index (χ0v) is 16.5. The predicted molar refractivity (Wildman–Crippen MR) is 107 cm³/mol. The highest BCUT2D eigenvalue weighted by Gasteiger charge is 2.11. The Morgan fingerprint density at radius 3 is 2.70 bits per heavy atom. The van der Waals surface area contributed by atoms with Crippen molar-refractivity contribution in [1.29, 1.82) is 0 Å². The molecule has 2 aromatic rings. The van der Waals surface area contributed by atoms with Crippen LogP contribution in [0.15, 0.2) is 12.1 Å². The summed E-state index contributed by atoms with van der Waals surface area (Å²) >= 11 is 6.24. The lowest BCUT2D eigenvalue weighted by atomic mass is 10.0. The normalized spacial score (nSPS) is 11.4. The summed E-state index contributed by atoms with van der Waals surface area (Å²) in [6.45, 7) is 4.67. The van der Waals surface area contributed by atoms with E-state index in [2.05, 4.69) is 32.1 Å². The van der Waals surface area contributed by atoms with E-state index in [1.165, 1.54) is 0 Å². The molecule has 0 saturated heterocycles. The zero-order valence-electron chi connectivity index (χ0n) is 15.7. The Morgan fingerprint density at radius 1 is 1.30 bits per heavy atom. The minimum Gasteiger partial charge on any atom is -0.481 e. The largest absolute Gasteiger partial charge is 0.481 e. The van der Waals surface area contributed by atoms with Crippen LogP contribution in [0.5, 0.6) is 5.88 Å². The molecule has 27 heavy (non-hydrogen) atoms. The van der Waals surface area contributed by atoms with Gasteiger partial charge in [-0.1, -0.05) is 36.8 Å². The maximum atomic E-state index is 9.31. The first kappa shape index (κ1) is 20.7. The molecule has 0 radical (unpaired) electrons. The molecular weight excluding hydrogens is 366 g/mol. The fraction of sp³-hybridized carbons (Fsp3) is 0.421. The number of nitrogens with two attached hydrogens (primary N) is 1. The van der Waals surface area contributed by atoms with Crippen LogP contribution in [0.4, 0.5) is 11.8 Å². The van der Waals surface area contributed by atoms with Gasteiger partial charge in [0.1, 0.15) is 11.4 Å². The molecule has 8 heteroatoms. The maximum Gasteiger partial charge on any atom is 0.223 e. The van der Waals surface area contributed by atoms with Crippen LogP contribution in [0, 0.1) is 24.7 Å². The van der Waals surface area contributed by atoms with Gasteiger partial charge in [-0.25, -0.2) is 4.98 Å². The smallest absolute Gasteiger partial charge is 0.223 e. The predicted octanol–water partition coefficient (Wildman–Crippen LogP) is 2.64. The highest BCUT2D eigenvalue weighted by atomic mass is 35.5. The molecule has 0 amide bonds. The van der Waals surface area contributed by atoms with Crippen molar-refractivity contribution >= 4 is 23.4 Å². The van der Waals surface area contributed by atoms with Crippen molar-refractivity contribution in [3.05, 3.63) is 34.1 Å². The van der Waals surface area contributed by atoms with Crippen molar-refractivity contribution in [1.82, 2.24) is 15.0 Å². The number of nitrogens with one attached hydrogen (secondary N) is 1. The van der Waals surface area contributed by atoms with E-state index in [1.807, 2.05) is 19.9 Å². The van der Waals surface area contributed by atoms with Gasteiger partial charge in [0.05, 0.1) is 12.8 Å². The summed E-state index contributed by atoms with van der Waals surface area (Å²) in [6, 6.07) is 3.58. The van der Waals surface area contributed by atoms with Gasteiger partial charge < -0.3 is 20.9 Å². The number of hydrogen-bond donors (Lipinski definition) is 3. The number of aliphatic hydroxyl groups excluding tert-OH is 1. The highest BCUT2D eigenvalue weighted by molar-refractivity contribution is 6.31. The van der Waals surface area contributed by atoms with Gasteiger partial charge in [0, 0.05) is 24.8 Å². The molecule has 2 heterocycles. The molecule has 0 spiro atoms. The Balaban J connectivity index is 2.26. The third-order valence-corrected chi connectivity index (χ3v) is 4.43. The minimum absolute atomic E-state index is 0.0737. The van der Waals surface area contributed by atoms with E-state index in [4.69, 9.17) is 22.1 Å². The molecule has 0 aliphatic carbocycles. The number of aliphatic hydroxyl groups is 1. The number of halogens is 1. The molecular formula is C19H24ClN5O2. The number of nitrogen functional groups attached to an aromatic ring is 1. The second-order valence-electron chi connectivity index (χ2n) is 6.01. The Bertz CT molecular complexity index is 844.